The van der Waals surface area contributed by atoms with Gasteiger partial charge >= 0.3 is 0 Å². The van der Waals surface area contributed by atoms with Gasteiger partial charge in [0.15, 0.2) is 0 Å². The van der Waals surface area contributed by atoms with Gasteiger partial charge in [-0.1, -0.05) is 120 Å². The Morgan fingerprint density at radius 2 is 0.887 bits per heavy atom. The first-order valence-corrected chi connectivity index (χ1v) is 16.8. The van der Waals surface area contributed by atoms with Crippen LogP contribution in [-0.2, 0) is 0 Å². The standard InChI is InChI=1S/6C6H10N2.5CH4/c2*1-5(2)6-3-7-4-8-6;1-5(2)6-3-7-8-4-6;1-5(2)6-7-3-4-8-6;2*1-5(2)6-3-4-7-8-6;;;;;/h6*3-5H,1-2H3,(H,7,8);5*1H4. The molecule has 0 aliphatic rings. The van der Waals surface area contributed by atoms with Gasteiger partial charge in [-0.25, -0.2) is 15.0 Å². The van der Waals surface area contributed by atoms with E-state index in [2.05, 4.69) is 144 Å². The predicted octanol–water partition coefficient (Wildman–Crippen LogP) is 12.4. The normalized spacial score (nSPS) is 9.40. The van der Waals surface area contributed by atoms with E-state index in [0.717, 1.165) is 5.82 Å². The molecule has 0 unspecified atom stereocenters. The second kappa shape index (κ2) is 33.1. The van der Waals surface area contributed by atoms with Crippen LogP contribution in [0.3, 0.4) is 0 Å². The van der Waals surface area contributed by atoms with E-state index in [1.54, 1.807) is 31.2 Å². The molecule has 53 heavy (non-hydrogen) atoms. The van der Waals surface area contributed by atoms with Gasteiger partial charge in [-0.3, -0.25) is 15.3 Å². The zero-order valence-corrected chi connectivity index (χ0v) is 31.1. The third kappa shape index (κ3) is 25.8. The highest BCUT2D eigenvalue weighted by molar-refractivity contribution is 5.07. The molecule has 6 aromatic rings. The van der Waals surface area contributed by atoms with Crippen LogP contribution in [0.5, 0.6) is 0 Å². The highest BCUT2D eigenvalue weighted by atomic mass is 15.1. The lowest BCUT2D eigenvalue weighted by atomic mass is 10.1. The van der Waals surface area contributed by atoms with E-state index in [-0.39, 0.29) is 37.1 Å². The molecule has 0 aliphatic heterocycles. The number of nitrogens with zero attached hydrogens (tertiary/aromatic N) is 6. The number of rotatable bonds is 6. The number of nitrogens with one attached hydrogen (secondary N) is 6. The van der Waals surface area contributed by atoms with Crippen molar-refractivity contribution in [1.82, 2.24) is 60.5 Å². The molecule has 0 saturated heterocycles. The summed E-state index contributed by atoms with van der Waals surface area (Å²) < 4.78 is 0. The second-order valence-corrected chi connectivity index (χ2v) is 13.0. The van der Waals surface area contributed by atoms with E-state index < -0.39 is 0 Å². The van der Waals surface area contributed by atoms with Crippen LogP contribution in [0.4, 0.5) is 0 Å². The quantitative estimate of drug-likeness (QED) is 0.0991. The summed E-state index contributed by atoms with van der Waals surface area (Å²) in [5, 5.41) is 20.0. The zero-order valence-electron chi connectivity index (χ0n) is 31.1. The Morgan fingerprint density at radius 1 is 0.453 bits per heavy atom. The average Bonchev–Trinajstić information content (AvgIpc) is 3.91. The molecule has 0 bridgehead atoms. The summed E-state index contributed by atoms with van der Waals surface area (Å²) in [5.74, 6) is 4.44. The maximum atomic E-state index is 4.06. The molecule has 0 spiro atoms. The van der Waals surface area contributed by atoms with Gasteiger partial charge in [-0.05, 0) is 47.3 Å². The van der Waals surface area contributed by atoms with Crippen molar-refractivity contribution in [3.05, 3.63) is 109 Å². The summed E-state index contributed by atoms with van der Waals surface area (Å²) in [4.78, 5) is 20.9. The van der Waals surface area contributed by atoms with Gasteiger partial charge in [0.1, 0.15) is 5.82 Å². The minimum atomic E-state index is 0. The third-order valence-electron chi connectivity index (χ3n) is 6.82. The maximum absolute atomic E-state index is 4.06. The number of imidazole rings is 3. The van der Waals surface area contributed by atoms with Crippen LogP contribution >= 0.6 is 0 Å². The zero-order chi connectivity index (χ0) is 35.9. The molecule has 6 heterocycles. The lowest BCUT2D eigenvalue weighted by Gasteiger charge is -1.95. The van der Waals surface area contributed by atoms with Crippen LogP contribution in [-0.4, -0.2) is 60.5 Å². The topological polar surface area (TPSA) is 172 Å². The van der Waals surface area contributed by atoms with Crippen LogP contribution in [0.1, 0.15) is 190 Å². The second-order valence-electron chi connectivity index (χ2n) is 13.0. The highest BCUT2D eigenvalue weighted by Crippen LogP contribution is 2.11. The SMILES string of the molecule is C.C.C.C.C.CC(C)c1ccn[nH]1.CC(C)c1ccn[nH]1.CC(C)c1cn[nH]c1.CC(C)c1cnc[nH]1.CC(C)c1cnc[nH]1.CC(C)c1ncc[nH]1. The van der Waals surface area contributed by atoms with Crippen molar-refractivity contribution in [3.63, 3.8) is 0 Å². The number of hydrogen-bond acceptors (Lipinski definition) is 6. The van der Waals surface area contributed by atoms with E-state index in [1.165, 1.54) is 28.3 Å². The molecule has 6 N–H and O–H groups in total. The van der Waals surface area contributed by atoms with Crippen LogP contribution in [0, 0.1) is 0 Å². The Morgan fingerprint density at radius 3 is 1.04 bits per heavy atom. The largest absolute Gasteiger partial charge is 0.348 e. The predicted molar refractivity (Wildman–Crippen MR) is 230 cm³/mol. The Kier molecular flexibility index (Phi) is 36.0. The molecule has 0 fully saturated rings. The molecule has 6 rings (SSSR count). The van der Waals surface area contributed by atoms with E-state index in [9.17, 15) is 0 Å². The van der Waals surface area contributed by atoms with Crippen LogP contribution < -0.4 is 0 Å². The van der Waals surface area contributed by atoms with Crippen molar-refractivity contribution in [2.24, 2.45) is 0 Å². The minimum absolute atomic E-state index is 0. The number of hydrogen-bond donors (Lipinski definition) is 6. The molecule has 304 valence electrons. The van der Waals surface area contributed by atoms with E-state index in [4.69, 9.17) is 0 Å². The summed E-state index contributed by atoms with van der Waals surface area (Å²) >= 11 is 0. The number of aromatic amines is 6. The lowest BCUT2D eigenvalue weighted by molar-refractivity contribution is 0.794. The molecule has 0 amide bonds. The molecule has 12 heteroatoms. The van der Waals surface area contributed by atoms with Gasteiger partial charge in [0.25, 0.3) is 0 Å². The van der Waals surface area contributed by atoms with Gasteiger partial charge in [0.05, 0.1) is 18.9 Å². The smallest absolute Gasteiger partial charge is 0.108 e. The summed E-state index contributed by atoms with van der Waals surface area (Å²) in [6.07, 6.45) is 18.0. The summed E-state index contributed by atoms with van der Waals surface area (Å²) in [5.41, 5.74) is 6.06. The fourth-order valence-corrected chi connectivity index (χ4v) is 3.51. The van der Waals surface area contributed by atoms with Crippen molar-refractivity contribution < 1.29 is 0 Å². The molecule has 0 radical (unpaired) electrons. The molecule has 0 atom stereocenters. The van der Waals surface area contributed by atoms with Crippen molar-refractivity contribution in [2.75, 3.05) is 0 Å². The molecule has 0 saturated carbocycles. The van der Waals surface area contributed by atoms with Crippen LogP contribution in [0.2, 0.25) is 0 Å². The molecule has 12 nitrogen and oxygen atoms in total. The molecular formula is C41H80N12. The van der Waals surface area contributed by atoms with E-state index >= 15 is 0 Å². The van der Waals surface area contributed by atoms with Crippen molar-refractivity contribution in [1.29, 1.82) is 0 Å². The van der Waals surface area contributed by atoms with Crippen molar-refractivity contribution >= 4 is 0 Å². The number of aromatic nitrogens is 12. The summed E-state index contributed by atoms with van der Waals surface area (Å²) in [7, 11) is 0. The van der Waals surface area contributed by atoms with Crippen molar-refractivity contribution in [3.8, 4) is 0 Å². The first-order valence-electron chi connectivity index (χ1n) is 16.8. The van der Waals surface area contributed by atoms with Gasteiger partial charge < -0.3 is 15.0 Å². The average molecular weight is 741 g/mol. The Bertz CT molecular complexity index is 1150. The first kappa shape index (κ1) is 57.6. The third-order valence-corrected chi connectivity index (χ3v) is 6.82. The molecule has 6 aromatic heterocycles. The molecule has 0 aliphatic carbocycles. The van der Waals surface area contributed by atoms with Crippen LogP contribution in [0.25, 0.3) is 0 Å². The highest BCUT2D eigenvalue weighted by Gasteiger charge is 1.99. The van der Waals surface area contributed by atoms with E-state index in [1.807, 2.05) is 43.1 Å². The Hall–Kier alpha value is -4.74. The van der Waals surface area contributed by atoms with Gasteiger partial charge in [-0.2, -0.15) is 15.3 Å². The Labute approximate surface area is 324 Å². The summed E-state index contributed by atoms with van der Waals surface area (Å²) in [6, 6.07) is 3.98. The first-order chi connectivity index (χ1) is 22.8. The Balaban J connectivity index is -0.000000171. The lowest BCUT2D eigenvalue weighted by Crippen LogP contribution is -1.87. The fourth-order valence-electron chi connectivity index (χ4n) is 3.51. The molecule has 0 aromatic carbocycles. The van der Waals surface area contributed by atoms with E-state index in [0.29, 0.717) is 35.5 Å². The minimum Gasteiger partial charge on any atom is -0.348 e. The van der Waals surface area contributed by atoms with Crippen LogP contribution in [0.15, 0.2) is 74.4 Å². The fraction of sp³-hybridized carbons (Fsp3) is 0.561. The number of H-pyrrole nitrogens is 6. The van der Waals surface area contributed by atoms with Gasteiger partial charge in [0.2, 0.25) is 0 Å². The molecular weight excluding hydrogens is 661 g/mol. The van der Waals surface area contributed by atoms with Gasteiger partial charge in [-0.15, -0.1) is 0 Å². The maximum Gasteiger partial charge on any atom is 0.108 e. The van der Waals surface area contributed by atoms with Crippen molar-refractivity contribution in [2.45, 2.75) is 156 Å². The monoisotopic (exact) mass is 741 g/mol. The summed E-state index contributed by atoms with van der Waals surface area (Å²) in [6.45, 7) is 25.6. The van der Waals surface area contributed by atoms with Gasteiger partial charge in [0, 0.05) is 72.1 Å².